The first-order valence-electron chi connectivity index (χ1n) is 6.27. The number of sulfone groups is 1. The molecule has 0 aromatic carbocycles. The van der Waals surface area contributed by atoms with Crippen molar-refractivity contribution in [2.24, 2.45) is 0 Å². The number of hydrogen-bond acceptors (Lipinski definition) is 5. The maximum absolute atomic E-state index is 11.8. The summed E-state index contributed by atoms with van der Waals surface area (Å²) in [5.74, 6) is 0.408. The van der Waals surface area contributed by atoms with E-state index in [0.29, 0.717) is 5.82 Å². The van der Waals surface area contributed by atoms with E-state index in [1.54, 1.807) is 29.7 Å². The summed E-state index contributed by atoms with van der Waals surface area (Å²) in [4.78, 5) is 6.87. The molecule has 20 heavy (non-hydrogen) atoms. The first-order valence-corrected chi connectivity index (χ1v) is 8.98. The zero-order chi connectivity index (χ0) is 14.9. The highest BCUT2D eigenvalue weighted by Crippen LogP contribution is 2.29. The van der Waals surface area contributed by atoms with Crippen LogP contribution in [-0.4, -0.2) is 19.7 Å². The molecule has 0 aliphatic rings. The molecule has 2 aromatic rings. The molecule has 2 heterocycles. The zero-order valence-corrected chi connectivity index (χ0v) is 13.6. The van der Waals surface area contributed by atoms with Crippen LogP contribution in [0.25, 0.3) is 0 Å². The quantitative estimate of drug-likeness (QED) is 0.941. The molecule has 2 aromatic heterocycles. The first kappa shape index (κ1) is 15.0. The van der Waals surface area contributed by atoms with Gasteiger partial charge in [0.15, 0.2) is 9.84 Å². The minimum Gasteiger partial charge on any atom is -0.362 e. The van der Waals surface area contributed by atoms with E-state index in [9.17, 15) is 8.42 Å². The number of nitrogens with zero attached hydrogens (tertiary/aromatic N) is 1. The van der Waals surface area contributed by atoms with Crippen LogP contribution < -0.4 is 5.32 Å². The van der Waals surface area contributed by atoms with Gasteiger partial charge in [-0.05, 0) is 44.5 Å². The van der Waals surface area contributed by atoms with Gasteiger partial charge >= 0.3 is 0 Å². The molecule has 0 amide bonds. The molecule has 108 valence electrons. The van der Waals surface area contributed by atoms with Gasteiger partial charge < -0.3 is 5.32 Å². The molecule has 0 radical (unpaired) electrons. The van der Waals surface area contributed by atoms with E-state index in [2.05, 4.69) is 30.2 Å². The molecule has 0 fully saturated rings. The third kappa shape index (κ3) is 3.19. The highest BCUT2D eigenvalue weighted by Gasteiger charge is 2.17. The molecular weight excluding hydrogens is 292 g/mol. The normalized spacial score (nSPS) is 13.2. The fraction of sp³-hybridized carbons (Fsp3) is 0.357. The van der Waals surface area contributed by atoms with Gasteiger partial charge in [-0.2, -0.15) is 0 Å². The van der Waals surface area contributed by atoms with Gasteiger partial charge in [0.1, 0.15) is 10.7 Å². The maximum Gasteiger partial charge on any atom is 0.179 e. The molecule has 0 aliphatic heterocycles. The molecule has 0 saturated carbocycles. The summed E-state index contributed by atoms with van der Waals surface area (Å²) in [6.45, 7) is 6.15. The highest BCUT2D eigenvalue weighted by molar-refractivity contribution is 7.90. The topological polar surface area (TPSA) is 59.1 Å². The predicted octanol–water partition coefficient (Wildman–Crippen LogP) is 3.34. The number of thiophene rings is 1. The van der Waals surface area contributed by atoms with Crippen molar-refractivity contribution in [3.63, 3.8) is 0 Å². The van der Waals surface area contributed by atoms with Gasteiger partial charge in [-0.3, -0.25) is 0 Å². The average Bonchev–Trinajstić information content (AvgIpc) is 2.68. The lowest BCUT2D eigenvalue weighted by Gasteiger charge is -2.16. The van der Waals surface area contributed by atoms with E-state index in [1.165, 1.54) is 21.6 Å². The lowest BCUT2D eigenvalue weighted by atomic mass is 10.1. The number of aryl methyl sites for hydroxylation is 2. The summed E-state index contributed by atoms with van der Waals surface area (Å²) in [5, 5.41) is 3.20. The number of nitrogens with one attached hydrogen (secondary N) is 1. The molecule has 6 heteroatoms. The molecule has 4 nitrogen and oxygen atoms in total. The minimum atomic E-state index is -3.29. The second-order valence-corrected chi connectivity index (χ2v) is 8.30. The molecule has 1 unspecified atom stereocenters. The number of rotatable bonds is 4. The van der Waals surface area contributed by atoms with Crippen LogP contribution in [0.5, 0.6) is 0 Å². The smallest absolute Gasteiger partial charge is 0.179 e. The maximum atomic E-state index is 11.8. The first-order chi connectivity index (χ1) is 9.29. The number of hydrogen-bond donors (Lipinski definition) is 1. The van der Waals surface area contributed by atoms with E-state index >= 15 is 0 Å². The number of aromatic nitrogens is 1. The van der Waals surface area contributed by atoms with Gasteiger partial charge in [0.2, 0.25) is 0 Å². The lowest BCUT2D eigenvalue weighted by Crippen LogP contribution is -2.12. The Labute approximate surface area is 123 Å². The van der Waals surface area contributed by atoms with E-state index in [-0.39, 0.29) is 10.9 Å². The summed E-state index contributed by atoms with van der Waals surface area (Å²) in [7, 11) is -3.29. The van der Waals surface area contributed by atoms with Crippen LogP contribution in [0.2, 0.25) is 0 Å². The van der Waals surface area contributed by atoms with E-state index in [4.69, 9.17) is 0 Å². The van der Waals surface area contributed by atoms with Crippen molar-refractivity contribution in [3.05, 3.63) is 39.7 Å². The van der Waals surface area contributed by atoms with Crippen molar-refractivity contribution in [2.75, 3.05) is 11.6 Å². The van der Waals surface area contributed by atoms with Gasteiger partial charge in [0.05, 0.1) is 6.04 Å². The van der Waals surface area contributed by atoms with E-state index in [1.807, 2.05) is 6.92 Å². The summed E-state index contributed by atoms with van der Waals surface area (Å²) in [5.41, 5.74) is 1.18. The van der Waals surface area contributed by atoms with Gasteiger partial charge in [-0.1, -0.05) is 0 Å². The Morgan fingerprint density at radius 1 is 1.35 bits per heavy atom. The van der Waals surface area contributed by atoms with Crippen LogP contribution in [0, 0.1) is 13.8 Å². The summed E-state index contributed by atoms with van der Waals surface area (Å²) in [6.07, 6.45) is 2.79. The molecule has 0 aliphatic carbocycles. The van der Waals surface area contributed by atoms with Crippen molar-refractivity contribution in [2.45, 2.75) is 31.7 Å². The summed E-state index contributed by atoms with van der Waals surface area (Å²) in [6, 6.07) is 5.34. The van der Waals surface area contributed by atoms with Crippen molar-refractivity contribution >= 4 is 27.0 Å². The third-order valence-electron chi connectivity index (χ3n) is 3.07. The molecule has 1 N–H and O–H groups in total. The molecule has 2 rings (SSSR count). The Bertz CT molecular complexity index is 721. The Morgan fingerprint density at radius 2 is 2.05 bits per heavy atom. The minimum absolute atomic E-state index is 0.00958. The molecule has 1 atom stereocenters. The monoisotopic (exact) mass is 310 g/mol. The van der Waals surface area contributed by atoms with Crippen LogP contribution in [0.15, 0.2) is 29.3 Å². The van der Waals surface area contributed by atoms with Crippen molar-refractivity contribution < 1.29 is 8.42 Å². The van der Waals surface area contributed by atoms with E-state index in [0.717, 1.165) is 0 Å². The van der Waals surface area contributed by atoms with Gasteiger partial charge in [-0.25, -0.2) is 13.4 Å². The summed E-state index contributed by atoms with van der Waals surface area (Å²) >= 11 is 1.74. The Morgan fingerprint density at radius 3 is 2.60 bits per heavy atom. The third-order valence-corrected chi connectivity index (χ3v) is 5.18. The average molecular weight is 310 g/mol. The van der Waals surface area contributed by atoms with Gasteiger partial charge in [-0.15, -0.1) is 11.3 Å². The fourth-order valence-electron chi connectivity index (χ4n) is 2.16. The van der Waals surface area contributed by atoms with Gasteiger partial charge in [0, 0.05) is 22.2 Å². The predicted molar refractivity (Wildman–Crippen MR) is 83.2 cm³/mol. The second-order valence-electron chi connectivity index (χ2n) is 4.86. The Balaban J connectivity index is 2.34. The van der Waals surface area contributed by atoms with Crippen LogP contribution in [0.4, 0.5) is 5.82 Å². The summed E-state index contributed by atoms with van der Waals surface area (Å²) < 4.78 is 23.5. The standard InChI is InChI=1S/C14H18N2O2S2/c1-9-8-12(11(3)19-9)10(2)16-14-13(20(4,17)18)6-5-7-15-14/h5-8,10H,1-4H3,(H,15,16). The number of pyridine rings is 1. The van der Waals surface area contributed by atoms with Crippen molar-refractivity contribution in [3.8, 4) is 0 Å². The SMILES string of the molecule is Cc1cc(C(C)Nc2ncccc2S(C)(=O)=O)c(C)s1. The molecule has 0 spiro atoms. The van der Waals surface area contributed by atoms with Gasteiger partial charge in [0.25, 0.3) is 0 Å². The van der Waals surface area contributed by atoms with Crippen LogP contribution in [0.3, 0.4) is 0 Å². The number of anilines is 1. The van der Waals surface area contributed by atoms with Crippen molar-refractivity contribution in [1.29, 1.82) is 0 Å². The van der Waals surface area contributed by atoms with Crippen LogP contribution >= 0.6 is 11.3 Å². The molecule has 0 bridgehead atoms. The molecule has 0 saturated heterocycles. The second kappa shape index (κ2) is 5.54. The Hall–Kier alpha value is -1.40. The van der Waals surface area contributed by atoms with Crippen LogP contribution in [-0.2, 0) is 9.84 Å². The lowest BCUT2D eigenvalue weighted by molar-refractivity contribution is 0.601. The van der Waals surface area contributed by atoms with E-state index < -0.39 is 9.84 Å². The zero-order valence-electron chi connectivity index (χ0n) is 12.0. The molecular formula is C14H18N2O2S2. The van der Waals surface area contributed by atoms with Crippen LogP contribution in [0.1, 0.15) is 28.3 Å². The van der Waals surface area contributed by atoms with Crippen molar-refractivity contribution in [1.82, 2.24) is 4.98 Å². The fourth-order valence-corrected chi connectivity index (χ4v) is 3.97. The Kier molecular flexibility index (Phi) is 4.15. The highest BCUT2D eigenvalue weighted by atomic mass is 32.2. The largest absolute Gasteiger partial charge is 0.362 e.